The van der Waals surface area contributed by atoms with Crippen LogP contribution in [0.2, 0.25) is 5.02 Å². The van der Waals surface area contributed by atoms with Crippen LogP contribution < -0.4 is 11.1 Å². The molecule has 1 aliphatic heterocycles. The number of likely N-dealkylation sites (tertiary alicyclic amines) is 1. The first-order chi connectivity index (χ1) is 19.9. The van der Waals surface area contributed by atoms with Gasteiger partial charge in [0.15, 0.2) is 0 Å². The van der Waals surface area contributed by atoms with Crippen LogP contribution in [0.3, 0.4) is 0 Å². The summed E-state index contributed by atoms with van der Waals surface area (Å²) in [6.07, 6.45) is 14.8. The van der Waals surface area contributed by atoms with Crippen LogP contribution in [0.1, 0.15) is 103 Å². The summed E-state index contributed by atoms with van der Waals surface area (Å²) < 4.78 is 0. The number of carbonyl (C=O) groups excluding carboxylic acids is 2. The Morgan fingerprint density at radius 2 is 1.44 bits per heavy atom. The molecular weight excluding hydrogens is 534 g/mol. The van der Waals surface area contributed by atoms with Gasteiger partial charge < -0.3 is 25.8 Å². The molecule has 8 heteroatoms. The van der Waals surface area contributed by atoms with Crippen LogP contribution in [-0.2, 0) is 11.2 Å². The van der Waals surface area contributed by atoms with Crippen molar-refractivity contribution in [2.75, 3.05) is 26.2 Å². The molecule has 0 radical (unpaired) electrons. The molecule has 0 spiro atoms. The minimum Gasteiger partial charge on any atom is -0.341 e. The summed E-state index contributed by atoms with van der Waals surface area (Å²) in [7, 11) is 0. The Kier molecular flexibility index (Phi) is 12.6. The Bertz CT molecular complexity index is 931. The Balaban J connectivity index is 1.44. The van der Waals surface area contributed by atoms with E-state index in [-0.39, 0.29) is 30.1 Å². The molecule has 1 atom stereocenters. The molecule has 230 valence electrons. The predicted molar refractivity (Wildman–Crippen MR) is 168 cm³/mol. The number of urea groups is 1. The number of nitrogens with one attached hydrogen (secondary N) is 1. The molecule has 1 aromatic carbocycles. The topological polar surface area (TPSA) is 81.9 Å². The van der Waals surface area contributed by atoms with E-state index in [1.165, 1.54) is 32.1 Å². The minimum absolute atomic E-state index is 0.181. The maximum atomic E-state index is 14.0. The molecule has 2 aliphatic carbocycles. The minimum atomic E-state index is -0.272. The van der Waals surface area contributed by atoms with Gasteiger partial charge in [-0.25, -0.2) is 4.79 Å². The molecule has 1 heterocycles. The number of amides is 3. The maximum absolute atomic E-state index is 14.0. The van der Waals surface area contributed by atoms with Crippen molar-refractivity contribution >= 4 is 23.5 Å². The molecule has 2 saturated carbocycles. The van der Waals surface area contributed by atoms with Crippen molar-refractivity contribution < 1.29 is 9.59 Å². The van der Waals surface area contributed by atoms with E-state index in [4.69, 9.17) is 17.3 Å². The number of piperidine rings is 1. The second-order valence-electron chi connectivity index (χ2n) is 12.6. The van der Waals surface area contributed by atoms with Crippen molar-refractivity contribution in [2.24, 2.45) is 5.73 Å². The van der Waals surface area contributed by atoms with Crippen molar-refractivity contribution in [3.05, 3.63) is 34.9 Å². The molecule has 3 N–H and O–H groups in total. The third-order valence-corrected chi connectivity index (χ3v) is 10.0. The molecule has 0 aromatic heterocycles. The van der Waals surface area contributed by atoms with Gasteiger partial charge in [0.2, 0.25) is 5.91 Å². The van der Waals surface area contributed by atoms with Gasteiger partial charge in [-0.15, -0.1) is 0 Å². The van der Waals surface area contributed by atoms with Crippen LogP contribution in [0.5, 0.6) is 0 Å². The van der Waals surface area contributed by atoms with Crippen LogP contribution in [0.25, 0.3) is 0 Å². The summed E-state index contributed by atoms with van der Waals surface area (Å²) in [6.45, 7) is 7.03. The highest BCUT2D eigenvalue weighted by atomic mass is 35.5. The van der Waals surface area contributed by atoms with Gasteiger partial charge in [-0.1, -0.05) is 55.8 Å². The Morgan fingerprint density at radius 3 is 2.02 bits per heavy atom. The first-order valence-corrected chi connectivity index (χ1v) is 16.9. The van der Waals surface area contributed by atoms with Crippen molar-refractivity contribution in [1.82, 2.24) is 20.0 Å². The molecule has 3 amide bonds. The first kappa shape index (κ1) is 32.1. The SMILES string of the molecule is CCN(CC)C(=O)N(C1CCCCCCC1)C1CCN(C(=O)[C@H](Cc2ccc(Cl)cc2)NC2CCC(N)CC2)CC1. The summed E-state index contributed by atoms with van der Waals surface area (Å²) in [4.78, 5) is 34.2. The van der Waals surface area contributed by atoms with Crippen molar-refractivity contribution in [3.8, 4) is 0 Å². The molecule has 3 aliphatic rings. The zero-order valence-electron chi connectivity index (χ0n) is 25.5. The van der Waals surface area contributed by atoms with Crippen molar-refractivity contribution in [1.29, 1.82) is 0 Å². The number of nitrogens with two attached hydrogens (primary N) is 1. The summed E-state index contributed by atoms with van der Waals surface area (Å²) in [5.74, 6) is 0.181. The van der Waals surface area contributed by atoms with Gasteiger partial charge in [-0.05, 0) is 89.3 Å². The number of carbonyl (C=O) groups is 2. The third-order valence-electron chi connectivity index (χ3n) is 9.75. The molecule has 41 heavy (non-hydrogen) atoms. The molecule has 0 bridgehead atoms. The molecule has 7 nitrogen and oxygen atoms in total. The number of hydrogen-bond donors (Lipinski definition) is 2. The quantitative estimate of drug-likeness (QED) is 0.372. The van der Waals surface area contributed by atoms with Crippen molar-refractivity contribution in [2.45, 2.75) is 134 Å². The highest BCUT2D eigenvalue weighted by molar-refractivity contribution is 6.30. The van der Waals surface area contributed by atoms with Crippen LogP contribution in [-0.4, -0.2) is 83.0 Å². The lowest BCUT2D eigenvalue weighted by molar-refractivity contribution is -0.135. The maximum Gasteiger partial charge on any atom is 0.320 e. The Labute approximate surface area is 253 Å². The van der Waals surface area contributed by atoms with Gasteiger partial charge in [-0.2, -0.15) is 0 Å². The molecule has 1 aromatic rings. The fraction of sp³-hybridized carbons (Fsp3) is 0.758. The molecule has 4 rings (SSSR count). The normalized spacial score (nSPS) is 23.9. The number of nitrogens with zero attached hydrogens (tertiary/aromatic N) is 3. The standard InChI is InChI=1S/C33H54ClN5O2/c1-3-37(4-2)33(41)39(29-10-8-6-5-7-9-11-29)30-20-22-38(23-21-30)32(40)31(24-25-12-14-26(34)15-13-25)36-28-18-16-27(35)17-19-28/h12-15,27-31,36H,3-11,16-24,35H2,1-2H3/t27?,28?,31-/m0/s1. The second-order valence-corrected chi connectivity index (χ2v) is 13.0. The summed E-state index contributed by atoms with van der Waals surface area (Å²) in [6, 6.07) is 8.88. The predicted octanol–water partition coefficient (Wildman–Crippen LogP) is 5.98. The Hall–Kier alpha value is -1.83. The van der Waals surface area contributed by atoms with Gasteiger partial charge in [-0.3, -0.25) is 4.79 Å². The van der Waals surface area contributed by atoms with E-state index < -0.39 is 0 Å². The number of benzene rings is 1. The number of rotatable bonds is 9. The molecule has 3 fully saturated rings. The van der Waals surface area contributed by atoms with E-state index in [0.29, 0.717) is 36.6 Å². The summed E-state index contributed by atoms with van der Waals surface area (Å²) in [5.41, 5.74) is 7.27. The van der Waals surface area contributed by atoms with Crippen molar-refractivity contribution in [3.63, 3.8) is 0 Å². The second kappa shape index (κ2) is 16.1. The van der Waals surface area contributed by atoms with Crippen LogP contribution in [0.15, 0.2) is 24.3 Å². The largest absolute Gasteiger partial charge is 0.341 e. The average Bonchev–Trinajstić information content (AvgIpc) is 2.97. The highest BCUT2D eigenvalue weighted by Crippen LogP contribution is 2.29. The first-order valence-electron chi connectivity index (χ1n) is 16.5. The zero-order valence-corrected chi connectivity index (χ0v) is 26.3. The van der Waals surface area contributed by atoms with Gasteiger partial charge in [0.05, 0.1) is 6.04 Å². The monoisotopic (exact) mass is 587 g/mol. The van der Waals surface area contributed by atoms with E-state index in [2.05, 4.69) is 29.0 Å². The van der Waals surface area contributed by atoms with E-state index in [9.17, 15) is 9.59 Å². The van der Waals surface area contributed by atoms with E-state index >= 15 is 0 Å². The van der Waals surface area contributed by atoms with Gasteiger partial charge in [0.1, 0.15) is 0 Å². The Morgan fingerprint density at radius 1 is 0.878 bits per heavy atom. The molecular formula is C33H54ClN5O2. The molecule has 1 saturated heterocycles. The number of halogens is 1. The van der Waals surface area contributed by atoms with Crippen LogP contribution in [0.4, 0.5) is 4.79 Å². The van der Waals surface area contributed by atoms with Gasteiger partial charge in [0, 0.05) is 55.4 Å². The zero-order chi connectivity index (χ0) is 29.2. The van der Waals surface area contributed by atoms with Gasteiger partial charge >= 0.3 is 6.03 Å². The smallest absolute Gasteiger partial charge is 0.320 e. The lowest BCUT2D eigenvalue weighted by atomic mass is 9.90. The summed E-state index contributed by atoms with van der Waals surface area (Å²) >= 11 is 6.14. The fourth-order valence-electron chi connectivity index (χ4n) is 7.21. The third kappa shape index (κ3) is 9.08. The van der Waals surface area contributed by atoms with E-state index in [0.717, 1.165) is 70.0 Å². The van der Waals surface area contributed by atoms with E-state index in [1.54, 1.807) is 0 Å². The van der Waals surface area contributed by atoms with Crippen LogP contribution >= 0.6 is 11.6 Å². The lowest BCUT2D eigenvalue weighted by Crippen LogP contribution is -2.58. The summed E-state index contributed by atoms with van der Waals surface area (Å²) in [5, 5.41) is 4.44. The lowest BCUT2D eigenvalue weighted by Gasteiger charge is -2.45. The number of hydrogen-bond acceptors (Lipinski definition) is 4. The van der Waals surface area contributed by atoms with E-state index in [1.807, 2.05) is 29.2 Å². The van der Waals surface area contributed by atoms with Crippen LogP contribution in [0, 0.1) is 0 Å². The highest BCUT2D eigenvalue weighted by Gasteiger charge is 2.37. The molecule has 0 unspecified atom stereocenters. The average molecular weight is 588 g/mol. The van der Waals surface area contributed by atoms with Gasteiger partial charge in [0.25, 0.3) is 0 Å². The fourth-order valence-corrected chi connectivity index (χ4v) is 7.34.